The highest BCUT2D eigenvalue weighted by Gasteiger charge is 2.25. The maximum Gasteiger partial charge on any atom is 0.269 e. The van der Waals surface area contributed by atoms with E-state index in [2.05, 4.69) is 5.32 Å². The molecule has 0 atom stereocenters. The molecule has 1 aliphatic heterocycles. The van der Waals surface area contributed by atoms with Gasteiger partial charge < -0.3 is 5.32 Å². The molecule has 8 nitrogen and oxygen atoms in total. The van der Waals surface area contributed by atoms with Crippen molar-refractivity contribution in [1.82, 2.24) is 4.31 Å². The van der Waals surface area contributed by atoms with Crippen LogP contribution in [0.5, 0.6) is 0 Å². The first kappa shape index (κ1) is 20.9. The van der Waals surface area contributed by atoms with E-state index in [-0.39, 0.29) is 22.9 Å². The topological polar surface area (TPSA) is 110 Å². The van der Waals surface area contributed by atoms with Gasteiger partial charge in [-0.1, -0.05) is 31.0 Å². The second kappa shape index (κ2) is 9.15. The molecule has 0 aliphatic carbocycles. The fraction of sp³-hybridized carbons (Fsp3) is 0.350. The summed E-state index contributed by atoms with van der Waals surface area (Å²) in [6.07, 6.45) is 3.80. The molecule has 29 heavy (non-hydrogen) atoms. The van der Waals surface area contributed by atoms with Crippen LogP contribution in [0.15, 0.2) is 53.4 Å². The number of hydrogen-bond donors (Lipinski definition) is 1. The molecule has 3 rings (SSSR count). The summed E-state index contributed by atoms with van der Waals surface area (Å²) in [5, 5.41) is 13.4. The second-order valence-corrected chi connectivity index (χ2v) is 8.93. The van der Waals surface area contributed by atoms with Crippen LogP contribution in [0.1, 0.15) is 31.2 Å². The molecule has 2 aromatic rings. The van der Waals surface area contributed by atoms with Gasteiger partial charge in [-0.25, -0.2) is 8.42 Å². The number of nitro benzene ring substituents is 1. The first-order chi connectivity index (χ1) is 13.9. The summed E-state index contributed by atoms with van der Waals surface area (Å²) < 4.78 is 27.3. The largest absolute Gasteiger partial charge is 0.326 e. The second-order valence-electron chi connectivity index (χ2n) is 6.99. The Morgan fingerprint density at radius 2 is 1.69 bits per heavy atom. The zero-order valence-electron chi connectivity index (χ0n) is 15.9. The van der Waals surface area contributed by atoms with Crippen molar-refractivity contribution in [2.75, 3.05) is 18.4 Å². The third kappa shape index (κ3) is 5.39. The van der Waals surface area contributed by atoms with Crippen LogP contribution in [0.2, 0.25) is 0 Å². The van der Waals surface area contributed by atoms with Crippen LogP contribution in [0, 0.1) is 10.1 Å². The lowest BCUT2D eigenvalue weighted by Crippen LogP contribution is -2.32. The molecular formula is C20H23N3O5S. The molecule has 1 N–H and O–H groups in total. The van der Waals surface area contributed by atoms with Gasteiger partial charge in [0.1, 0.15) is 0 Å². The molecule has 0 radical (unpaired) electrons. The summed E-state index contributed by atoms with van der Waals surface area (Å²) in [6, 6.07) is 12.0. The number of anilines is 1. The lowest BCUT2D eigenvalue weighted by molar-refractivity contribution is -0.384. The lowest BCUT2D eigenvalue weighted by atomic mass is 10.1. The van der Waals surface area contributed by atoms with Crippen LogP contribution < -0.4 is 5.32 Å². The summed E-state index contributed by atoms with van der Waals surface area (Å²) in [6.45, 7) is 1.03. The van der Waals surface area contributed by atoms with E-state index in [1.165, 1.54) is 40.7 Å². The summed E-state index contributed by atoms with van der Waals surface area (Å²) in [7, 11) is -3.60. The molecule has 1 saturated heterocycles. The molecule has 0 bridgehead atoms. The number of amides is 1. The molecule has 1 aliphatic rings. The summed E-state index contributed by atoms with van der Waals surface area (Å²) >= 11 is 0. The fourth-order valence-electron chi connectivity index (χ4n) is 3.29. The van der Waals surface area contributed by atoms with Gasteiger partial charge in [0, 0.05) is 30.9 Å². The molecular weight excluding hydrogens is 394 g/mol. The SMILES string of the molecule is O=C(Cc1ccc([N+](=O)[O-])cc1)Nc1cccc(S(=O)(=O)N2CCCCCC2)c1. The number of carbonyl (C=O) groups excluding carboxylic acids is 1. The average Bonchev–Trinajstić information content (AvgIpc) is 2.98. The maximum atomic E-state index is 12.9. The van der Waals surface area contributed by atoms with Crippen LogP contribution >= 0.6 is 0 Å². The molecule has 0 aromatic heterocycles. The normalized spacial score (nSPS) is 15.4. The van der Waals surface area contributed by atoms with Crippen molar-refractivity contribution >= 4 is 27.3 Å². The van der Waals surface area contributed by atoms with Crippen LogP contribution in [0.25, 0.3) is 0 Å². The van der Waals surface area contributed by atoms with Crippen LogP contribution in [0.4, 0.5) is 11.4 Å². The van der Waals surface area contributed by atoms with Crippen molar-refractivity contribution in [3.8, 4) is 0 Å². The number of rotatable bonds is 6. The molecule has 1 heterocycles. The van der Waals surface area contributed by atoms with E-state index < -0.39 is 14.9 Å². The molecule has 9 heteroatoms. The molecule has 0 unspecified atom stereocenters. The number of nitro groups is 1. The van der Waals surface area contributed by atoms with Crippen molar-refractivity contribution in [2.24, 2.45) is 0 Å². The van der Waals surface area contributed by atoms with Crippen molar-refractivity contribution < 1.29 is 18.1 Å². The predicted octanol–water partition coefficient (Wildman–Crippen LogP) is 3.34. The maximum absolute atomic E-state index is 12.9. The van der Waals surface area contributed by atoms with E-state index in [0.717, 1.165) is 25.7 Å². The first-order valence-corrected chi connectivity index (χ1v) is 10.9. The van der Waals surface area contributed by atoms with Crippen LogP contribution in [0.3, 0.4) is 0 Å². The predicted molar refractivity (Wildman–Crippen MR) is 109 cm³/mol. The van der Waals surface area contributed by atoms with E-state index in [1.54, 1.807) is 12.1 Å². The molecule has 2 aromatic carbocycles. The van der Waals surface area contributed by atoms with Crippen LogP contribution in [-0.2, 0) is 21.2 Å². The van der Waals surface area contributed by atoms with E-state index >= 15 is 0 Å². The molecule has 0 spiro atoms. The first-order valence-electron chi connectivity index (χ1n) is 9.50. The number of non-ortho nitro benzene ring substituents is 1. The minimum absolute atomic E-state index is 0.0289. The Morgan fingerprint density at radius 3 is 2.31 bits per heavy atom. The van der Waals surface area contributed by atoms with Crippen LogP contribution in [-0.4, -0.2) is 36.6 Å². The van der Waals surface area contributed by atoms with Gasteiger partial charge in [0.25, 0.3) is 5.69 Å². The Bertz CT molecular complexity index is 981. The number of nitrogens with zero attached hydrogens (tertiary/aromatic N) is 2. The quantitative estimate of drug-likeness (QED) is 0.573. The Kier molecular flexibility index (Phi) is 6.60. The van der Waals surface area contributed by atoms with Gasteiger partial charge >= 0.3 is 0 Å². The zero-order chi connectivity index (χ0) is 20.9. The molecule has 1 fully saturated rings. The van der Waals surface area contributed by atoms with Crippen molar-refractivity contribution in [3.63, 3.8) is 0 Å². The smallest absolute Gasteiger partial charge is 0.269 e. The third-order valence-corrected chi connectivity index (χ3v) is 6.73. The van der Waals surface area contributed by atoms with Gasteiger partial charge in [0.2, 0.25) is 15.9 Å². The monoisotopic (exact) mass is 417 g/mol. The summed E-state index contributed by atoms with van der Waals surface area (Å²) in [4.78, 5) is 22.7. The van der Waals surface area contributed by atoms with Crippen molar-refractivity contribution in [2.45, 2.75) is 37.0 Å². The highest BCUT2D eigenvalue weighted by Crippen LogP contribution is 2.23. The Balaban J connectivity index is 1.68. The minimum Gasteiger partial charge on any atom is -0.326 e. The Hall–Kier alpha value is -2.78. The van der Waals surface area contributed by atoms with E-state index in [4.69, 9.17) is 0 Å². The number of carbonyl (C=O) groups is 1. The van der Waals surface area contributed by atoms with Gasteiger partial charge in [-0.05, 0) is 36.6 Å². The zero-order valence-corrected chi connectivity index (χ0v) is 16.7. The van der Waals surface area contributed by atoms with Crippen molar-refractivity contribution in [1.29, 1.82) is 0 Å². The van der Waals surface area contributed by atoms with Gasteiger partial charge in [0.15, 0.2) is 0 Å². The van der Waals surface area contributed by atoms with Gasteiger partial charge in [0.05, 0.1) is 16.2 Å². The van der Waals surface area contributed by atoms with Gasteiger partial charge in [-0.15, -0.1) is 0 Å². The number of nitrogens with one attached hydrogen (secondary N) is 1. The number of hydrogen-bond acceptors (Lipinski definition) is 5. The standard InChI is InChI=1S/C20H23N3O5S/c24-20(14-16-8-10-18(11-9-16)23(25)26)21-17-6-5-7-19(15-17)29(27,28)22-12-3-1-2-4-13-22/h5-11,15H,1-4,12-14H2,(H,21,24). The Morgan fingerprint density at radius 1 is 1.03 bits per heavy atom. The Labute approximate surface area is 169 Å². The van der Waals surface area contributed by atoms with Crippen molar-refractivity contribution in [3.05, 3.63) is 64.2 Å². The highest BCUT2D eigenvalue weighted by atomic mass is 32.2. The van der Waals surface area contributed by atoms with Gasteiger partial charge in [-0.3, -0.25) is 14.9 Å². The lowest BCUT2D eigenvalue weighted by Gasteiger charge is -2.20. The minimum atomic E-state index is -3.60. The number of benzene rings is 2. The summed E-state index contributed by atoms with van der Waals surface area (Å²) in [5.41, 5.74) is 0.981. The molecule has 154 valence electrons. The van der Waals surface area contributed by atoms with E-state index in [0.29, 0.717) is 24.3 Å². The highest BCUT2D eigenvalue weighted by molar-refractivity contribution is 7.89. The van der Waals surface area contributed by atoms with E-state index in [9.17, 15) is 23.3 Å². The number of sulfonamides is 1. The third-order valence-electron chi connectivity index (χ3n) is 4.83. The van der Waals surface area contributed by atoms with E-state index in [1.807, 2.05) is 0 Å². The fourth-order valence-corrected chi connectivity index (χ4v) is 4.85. The summed E-state index contributed by atoms with van der Waals surface area (Å²) in [5.74, 6) is -0.330. The average molecular weight is 417 g/mol. The van der Waals surface area contributed by atoms with Gasteiger partial charge in [-0.2, -0.15) is 4.31 Å². The molecule has 1 amide bonds. The molecule has 0 saturated carbocycles.